The number of hydrogen-bond acceptors (Lipinski definition) is 5. The van der Waals surface area contributed by atoms with Gasteiger partial charge in [-0.05, 0) is 79.4 Å². The molecule has 0 spiro atoms. The summed E-state index contributed by atoms with van der Waals surface area (Å²) in [6.07, 6.45) is 3.69. The van der Waals surface area contributed by atoms with E-state index in [9.17, 15) is 25.2 Å². The van der Waals surface area contributed by atoms with Gasteiger partial charge in [-0.2, -0.15) is 0 Å². The standard InChI is InChI=1S/C28H44O5/c1-15(17(3)14-29)6-7-16(2)20-13-23(32)24-18-12-22(31)25-26(33)21(30)9-11-27(25,4)19(18)8-10-28(20,24)5/h16-17,19-22,25-26,29-31,33H,1,6-14H2,2-5H3. The molecule has 4 aliphatic rings. The first-order valence-corrected chi connectivity index (χ1v) is 13.0. The third-order valence-electron chi connectivity index (χ3n) is 10.5. The Hall–Kier alpha value is -1.01. The van der Waals surface area contributed by atoms with Crippen molar-refractivity contribution < 1.29 is 25.2 Å². The molecule has 0 bridgehead atoms. The van der Waals surface area contributed by atoms with Crippen LogP contribution in [0.4, 0.5) is 0 Å². The molecular formula is C28H44O5. The fourth-order valence-electron chi connectivity index (χ4n) is 8.32. The smallest absolute Gasteiger partial charge is 0.159 e. The fraction of sp³-hybridized carbons (Fsp3) is 0.821. The van der Waals surface area contributed by atoms with E-state index in [1.165, 1.54) is 0 Å². The Labute approximate surface area is 199 Å². The largest absolute Gasteiger partial charge is 0.396 e. The molecule has 186 valence electrons. The topological polar surface area (TPSA) is 98.0 Å². The molecule has 3 fully saturated rings. The van der Waals surface area contributed by atoms with Crippen LogP contribution in [0.25, 0.3) is 0 Å². The Morgan fingerprint density at radius 2 is 1.79 bits per heavy atom. The van der Waals surface area contributed by atoms with Crippen LogP contribution in [0.2, 0.25) is 0 Å². The van der Waals surface area contributed by atoms with E-state index in [2.05, 4.69) is 27.4 Å². The first kappa shape index (κ1) is 25.1. The Morgan fingerprint density at radius 1 is 1.09 bits per heavy atom. The number of rotatable bonds is 6. The molecule has 0 aromatic rings. The molecule has 0 radical (unpaired) electrons. The van der Waals surface area contributed by atoms with Gasteiger partial charge in [-0.1, -0.05) is 45.4 Å². The highest BCUT2D eigenvalue weighted by Crippen LogP contribution is 2.65. The number of ketones is 1. The lowest BCUT2D eigenvalue weighted by Crippen LogP contribution is -2.59. The molecule has 4 aliphatic carbocycles. The predicted molar refractivity (Wildman–Crippen MR) is 128 cm³/mol. The van der Waals surface area contributed by atoms with Gasteiger partial charge in [0, 0.05) is 24.5 Å². The molecule has 0 amide bonds. The van der Waals surface area contributed by atoms with Crippen LogP contribution in [0.15, 0.2) is 23.3 Å². The molecule has 0 aromatic heterocycles. The average molecular weight is 461 g/mol. The third kappa shape index (κ3) is 3.87. The molecule has 10 unspecified atom stereocenters. The van der Waals surface area contributed by atoms with Crippen LogP contribution in [0.5, 0.6) is 0 Å². The van der Waals surface area contributed by atoms with Crippen molar-refractivity contribution in [1.82, 2.24) is 0 Å². The Bertz CT molecular complexity index is 832. The second-order valence-electron chi connectivity index (χ2n) is 12.3. The molecule has 0 aromatic carbocycles. The zero-order valence-electron chi connectivity index (χ0n) is 20.9. The van der Waals surface area contributed by atoms with Crippen LogP contribution in [-0.4, -0.2) is 51.1 Å². The van der Waals surface area contributed by atoms with Crippen LogP contribution in [0, 0.1) is 40.4 Å². The second-order valence-corrected chi connectivity index (χ2v) is 12.3. The van der Waals surface area contributed by atoms with Crippen LogP contribution in [-0.2, 0) is 4.79 Å². The molecule has 0 heterocycles. The van der Waals surface area contributed by atoms with Crippen molar-refractivity contribution in [3.05, 3.63) is 23.3 Å². The van der Waals surface area contributed by atoms with Crippen LogP contribution in [0.3, 0.4) is 0 Å². The zero-order valence-corrected chi connectivity index (χ0v) is 20.9. The summed E-state index contributed by atoms with van der Waals surface area (Å²) in [7, 11) is 0. The number of aliphatic hydroxyl groups excluding tert-OH is 4. The molecule has 4 N–H and O–H groups in total. The minimum atomic E-state index is -0.903. The van der Waals surface area contributed by atoms with E-state index in [4.69, 9.17) is 0 Å². The van der Waals surface area contributed by atoms with Gasteiger partial charge in [0.1, 0.15) is 0 Å². The monoisotopic (exact) mass is 460 g/mol. The Balaban J connectivity index is 1.62. The fourth-order valence-corrected chi connectivity index (χ4v) is 8.32. The van der Waals surface area contributed by atoms with E-state index in [0.717, 1.165) is 48.8 Å². The van der Waals surface area contributed by atoms with Crippen molar-refractivity contribution in [1.29, 1.82) is 0 Å². The number of aliphatic hydroxyl groups is 4. The summed E-state index contributed by atoms with van der Waals surface area (Å²) >= 11 is 0. The summed E-state index contributed by atoms with van der Waals surface area (Å²) in [6, 6.07) is 0. The number of hydrogen-bond donors (Lipinski definition) is 4. The number of Topliss-reactive ketones (excluding diaryl/α,β-unsaturated/α-hetero) is 1. The number of carbonyl (C=O) groups is 1. The SMILES string of the molecule is C=C(CCC(C)C1CC(=O)C2=C3CC(O)C4C(O)C(O)CCC4(C)C3CCC21C)C(C)CO. The molecule has 3 saturated carbocycles. The van der Waals surface area contributed by atoms with E-state index < -0.39 is 18.3 Å². The van der Waals surface area contributed by atoms with E-state index in [-0.39, 0.29) is 46.9 Å². The van der Waals surface area contributed by atoms with Crippen molar-refractivity contribution in [2.75, 3.05) is 6.61 Å². The van der Waals surface area contributed by atoms with E-state index >= 15 is 0 Å². The summed E-state index contributed by atoms with van der Waals surface area (Å²) in [5.74, 6) is 0.868. The Kier molecular flexibility index (Phi) is 6.76. The molecule has 10 atom stereocenters. The van der Waals surface area contributed by atoms with Crippen molar-refractivity contribution in [2.45, 2.75) is 97.4 Å². The first-order chi connectivity index (χ1) is 15.5. The van der Waals surface area contributed by atoms with E-state index in [1.54, 1.807) is 0 Å². The molecule has 33 heavy (non-hydrogen) atoms. The van der Waals surface area contributed by atoms with Gasteiger partial charge in [0.05, 0.1) is 18.3 Å². The normalized spacial score (nSPS) is 44.7. The first-order valence-electron chi connectivity index (χ1n) is 13.0. The summed E-state index contributed by atoms with van der Waals surface area (Å²) in [5.41, 5.74) is 2.76. The lowest BCUT2D eigenvalue weighted by Gasteiger charge is -2.59. The molecule has 0 saturated heterocycles. The highest BCUT2D eigenvalue weighted by atomic mass is 16.3. The predicted octanol–water partition coefficient (Wildman–Crippen LogP) is 3.79. The van der Waals surface area contributed by atoms with Gasteiger partial charge in [-0.15, -0.1) is 0 Å². The Morgan fingerprint density at radius 3 is 2.45 bits per heavy atom. The number of carbonyl (C=O) groups excluding carboxylic acids is 1. The van der Waals surface area contributed by atoms with Gasteiger partial charge in [-0.3, -0.25) is 4.79 Å². The highest BCUT2D eigenvalue weighted by molar-refractivity contribution is 6.00. The second kappa shape index (κ2) is 8.89. The van der Waals surface area contributed by atoms with Crippen molar-refractivity contribution in [2.24, 2.45) is 40.4 Å². The van der Waals surface area contributed by atoms with Crippen molar-refractivity contribution in [3.8, 4) is 0 Å². The minimum Gasteiger partial charge on any atom is -0.396 e. The molecule has 5 nitrogen and oxygen atoms in total. The van der Waals surface area contributed by atoms with Crippen LogP contribution in [0.1, 0.15) is 79.1 Å². The van der Waals surface area contributed by atoms with Gasteiger partial charge < -0.3 is 20.4 Å². The third-order valence-corrected chi connectivity index (χ3v) is 10.5. The van der Waals surface area contributed by atoms with Gasteiger partial charge in [-0.25, -0.2) is 0 Å². The summed E-state index contributed by atoms with van der Waals surface area (Å²) in [4.78, 5) is 13.5. The number of allylic oxidation sites excluding steroid dienone is 1. The van der Waals surface area contributed by atoms with Gasteiger partial charge in [0.2, 0.25) is 0 Å². The zero-order chi connectivity index (χ0) is 24.3. The van der Waals surface area contributed by atoms with Gasteiger partial charge >= 0.3 is 0 Å². The summed E-state index contributed by atoms with van der Waals surface area (Å²) < 4.78 is 0. The molecule has 5 heteroatoms. The van der Waals surface area contributed by atoms with Gasteiger partial charge in [0.25, 0.3) is 0 Å². The van der Waals surface area contributed by atoms with E-state index in [0.29, 0.717) is 25.2 Å². The van der Waals surface area contributed by atoms with Crippen molar-refractivity contribution >= 4 is 5.78 Å². The maximum Gasteiger partial charge on any atom is 0.159 e. The highest BCUT2D eigenvalue weighted by Gasteiger charge is 2.61. The summed E-state index contributed by atoms with van der Waals surface area (Å²) in [5, 5.41) is 41.6. The van der Waals surface area contributed by atoms with Crippen LogP contribution >= 0.6 is 0 Å². The quantitative estimate of drug-likeness (QED) is 0.452. The summed E-state index contributed by atoms with van der Waals surface area (Å²) in [6.45, 7) is 13.0. The minimum absolute atomic E-state index is 0.105. The molecule has 0 aliphatic heterocycles. The molecular weight excluding hydrogens is 416 g/mol. The molecule has 4 rings (SSSR count). The average Bonchev–Trinajstić information content (AvgIpc) is 3.04. The number of fused-ring (bicyclic) bond motifs is 4. The van der Waals surface area contributed by atoms with Gasteiger partial charge in [0.15, 0.2) is 5.78 Å². The maximum atomic E-state index is 13.5. The maximum absolute atomic E-state index is 13.5. The lowest BCUT2D eigenvalue weighted by atomic mass is 9.47. The van der Waals surface area contributed by atoms with Crippen molar-refractivity contribution in [3.63, 3.8) is 0 Å². The lowest BCUT2D eigenvalue weighted by molar-refractivity contribution is -0.166. The van der Waals surface area contributed by atoms with E-state index in [1.807, 2.05) is 6.92 Å². The van der Waals surface area contributed by atoms with Crippen LogP contribution < -0.4 is 0 Å².